The first-order valence-corrected chi connectivity index (χ1v) is 5.86. The van der Waals surface area contributed by atoms with Gasteiger partial charge in [-0.2, -0.15) is 0 Å². The van der Waals surface area contributed by atoms with Crippen LogP contribution in [0.2, 0.25) is 0 Å². The molecule has 0 unspecified atom stereocenters. The number of rotatable bonds is 3. The molecular weight excluding hydrogens is 228 g/mol. The van der Waals surface area contributed by atoms with Gasteiger partial charge in [-0.15, -0.1) is 11.3 Å². The quantitative estimate of drug-likeness (QED) is 0.793. The van der Waals surface area contributed by atoms with Crippen molar-refractivity contribution in [3.63, 3.8) is 0 Å². The second kappa shape index (κ2) is 6.12. The zero-order valence-electron chi connectivity index (χ0n) is 9.20. The van der Waals surface area contributed by atoms with E-state index in [0.29, 0.717) is 4.88 Å². The number of hydrogen-bond acceptors (Lipinski definition) is 4. The van der Waals surface area contributed by atoms with Crippen molar-refractivity contribution in [3.05, 3.63) is 21.9 Å². The molecule has 6 heteroatoms. The number of carbonyl (C=O) groups is 2. The fourth-order valence-corrected chi connectivity index (χ4v) is 2.04. The summed E-state index contributed by atoms with van der Waals surface area (Å²) in [7, 11) is 0. The minimum absolute atomic E-state index is 0.265. The lowest BCUT2D eigenvalue weighted by molar-refractivity contribution is 0.0916. The predicted octanol–water partition coefficient (Wildman–Crippen LogP) is 1.70. The highest BCUT2D eigenvalue weighted by molar-refractivity contribution is 7.12. The average molecular weight is 242 g/mol. The van der Waals surface area contributed by atoms with E-state index in [1.165, 1.54) is 11.3 Å². The summed E-state index contributed by atoms with van der Waals surface area (Å²) in [6.07, 6.45) is 0.122. The topological polar surface area (TPSA) is 67.4 Å². The van der Waals surface area contributed by atoms with Gasteiger partial charge in [0.25, 0.3) is 5.91 Å². The second-order valence-electron chi connectivity index (χ2n) is 2.93. The average Bonchev–Trinajstić information content (AvgIpc) is 2.74. The molecule has 1 aromatic heterocycles. The van der Waals surface area contributed by atoms with Crippen molar-refractivity contribution in [2.24, 2.45) is 0 Å². The normalized spacial score (nSPS) is 9.62. The molecule has 1 rings (SSSR count). The van der Waals surface area contributed by atoms with E-state index in [0.717, 1.165) is 12.0 Å². The molecule has 2 amide bonds. The number of nitrogens with one attached hydrogen (secondary N) is 2. The molecule has 0 saturated carbocycles. The summed E-state index contributed by atoms with van der Waals surface area (Å²) in [5, 5.41) is 1.85. The van der Waals surface area contributed by atoms with Crippen LogP contribution in [0.25, 0.3) is 0 Å². The van der Waals surface area contributed by atoms with Gasteiger partial charge in [-0.1, -0.05) is 6.92 Å². The highest BCUT2D eigenvalue weighted by Crippen LogP contribution is 2.16. The monoisotopic (exact) mass is 242 g/mol. The van der Waals surface area contributed by atoms with E-state index in [2.05, 4.69) is 15.6 Å². The molecule has 0 saturated heterocycles. The molecule has 5 nitrogen and oxygen atoms in total. The lowest BCUT2D eigenvalue weighted by Gasteiger charge is -2.06. The highest BCUT2D eigenvalue weighted by Gasteiger charge is 2.12. The van der Waals surface area contributed by atoms with Crippen molar-refractivity contribution in [3.8, 4) is 0 Å². The molecule has 0 radical (unpaired) electrons. The first kappa shape index (κ1) is 12.5. The molecule has 16 heavy (non-hydrogen) atoms. The van der Waals surface area contributed by atoms with Gasteiger partial charge in [-0.25, -0.2) is 10.2 Å². The number of carbonyl (C=O) groups excluding carboxylic acids is 2. The molecule has 0 bridgehead atoms. The molecule has 0 spiro atoms. The molecule has 0 aliphatic rings. The van der Waals surface area contributed by atoms with E-state index < -0.39 is 6.09 Å². The zero-order valence-corrected chi connectivity index (χ0v) is 10.0. The Morgan fingerprint density at radius 1 is 1.38 bits per heavy atom. The summed E-state index contributed by atoms with van der Waals surface area (Å²) in [5.41, 5.74) is 5.43. The van der Waals surface area contributed by atoms with E-state index >= 15 is 0 Å². The Labute approximate surface area is 97.8 Å². The number of amides is 2. The van der Waals surface area contributed by atoms with Crippen LogP contribution in [0.4, 0.5) is 4.79 Å². The van der Waals surface area contributed by atoms with Gasteiger partial charge >= 0.3 is 6.09 Å². The Morgan fingerprint density at radius 3 is 2.75 bits per heavy atom. The van der Waals surface area contributed by atoms with Crippen LogP contribution in [0.15, 0.2) is 11.4 Å². The smallest absolute Gasteiger partial charge is 0.426 e. The van der Waals surface area contributed by atoms with E-state index in [9.17, 15) is 9.59 Å². The predicted molar refractivity (Wildman–Crippen MR) is 61.3 cm³/mol. The Bertz CT molecular complexity index is 376. The van der Waals surface area contributed by atoms with Gasteiger partial charge in [0, 0.05) is 0 Å². The third-order valence-electron chi connectivity index (χ3n) is 1.89. The molecule has 0 aliphatic heterocycles. The lowest BCUT2D eigenvalue weighted by Crippen LogP contribution is -2.41. The van der Waals surface area contributed by atoms with E-state index in [-0.39, 0.29) is 12.5 Å². The Balaban J connectivity index is 2.50. The summed E-state index contributed by atoms with van der Waals surface area (Å²) in [4.78, 5) is 23.2. The molecule has 1 heterocycles. The second-order valence-corrected chi connectivity index (χ2v) is 3.84. The lowest BCUT2D eigenvalue weighted by atomic mass is 10.2. The first-order chi connectivity index (χ1) is 7.69. The van der Waals surface area contributed by atoms with Crippen LogP contribution >= 0.6 is 11.3 Å². The van der Waals surface area contributed by atoms with Crippen molar-refractivity contribution in [1.82, 2.24) is 10.9 Å². The molecular formula is C10H14N2O3S. The van der Waals surface area contributed by atoms with E-state index in [1.54, 1.807) is 6.92 Å². The summed E-state index contributed by atoms with van der Waals surface area (Å²) < 4.78 is 4.60. The molecule has 0 fully saturated rings. The largest absolute Gasteiger partial charge is 0.449 e. The maximum Gasteiger partial charge on any atom is 0.426 e. The van der Waals surface area contributed by atoms with Crippen LogP contribution in [0.5, 0.6) is 0 Å². The minimum Gasteiger partial charge on any atom is -0.449 e. The van der Waals surface area contributed by atoms with Gasteiger partial charge in [0.2, 0.25) is 0 Å². The fourth-order valence-electron chi connectivity index (χ4n) is 1.15. The number of thiophene rings is 1. The summed E-state index contributed by atoms with van der Waals surface area (Å²) in [5.74, 6) is -0.320. The number of hydrogen-bond donors (Lipinski definition) is 2. The summed E-state index contributed by atoms with van der Waals surface area (Å²) in [6, 6.07) is 1.89. The van der Waals surface area contributed by atoms with E-state index in [1.807, 2.05) is 18.4 Å². The SMILES string of the molecule is CCOC(=O)NNC(=O)c1sccc1CC. The van der Waals surface area contributed by atoms with Gasteiger partial charge in [-0.3, -0.25) is 10.2 Å². The third-order valence-corrected chi connectivity index (χ3v) is 2.84. The fraction of sp³-hybridized carbons (Fsp3) is 0.400. The van der Waals surface area contributed by atoms with Crippen LogP contribution in [0.3, 0.4) is 0 Å². The molecule has 1 aromatic rings. The van der Waals surface area contributed by atoms with Crippen LogP contribution in [-0.2, 0) is 11.2 Å². The van der Waals surface area contributed by atoms with Crippen molar-refractivity contribution < 1.29 is 14.3 Å². The first-order valence-electron chi connectivity index (χ1n) is 4.98. The number of ether oxygens (including phenoxy) is 1. The Morgan fingerprint density at radius 2 is 2.12 bits per heavy atom. The minimum atomic E-state index is -0.662. The van der Waals surface area contributed by atoms with Gasteiger partial charge in [0.1, 0.15) is 0 Å². The highest BCUT2D eigenvalue weighted by atomic mass is 32.1. The molecule has 0 atom stereocenters. The zero-order chi connectivity index (χ0) is 12.0. The Hall–Kier alpha value is -1.56. The molecule has 88 valence electrons. The van der Waals surface area contributed by atoms with Gasteiger partial charge in [0.05, 0.1) is 11.5 Å². The van der Waals surface area contributed by atoms with Crippen molar-refractivity contribution in [2.75, 3.05) is 6.61 Å². The van der Waals surface area contributed by atoms with Crippen molar-refractivity contribution >= 4 is 23.3 Å². The standard InChI is InChI=1S/C10H14N2O3S/c1-3-7-5-6-16-8(7)9(13)11-12-10(14)15-4-2/h5-6H,3-4H2,1-2H3,(H,11,13)(H,12,14). The van der Waals surface area contributed by atoms with Gasteiger partial charge in [0.15, 0.2) is 0 Å². The maximum absolute atomic E-state index is 11.6. The van der Waals surface area contributed by atoms with Gasteiger partial charge in [-0.05, 0) is 30.4 Å². The van der Waals surface area contributed by atoms with Crippen LogP contribution in [-0.4, -0.2) is 18.6 Å². The molecule has 0 aromatic carbocycles. The maximum atomic E-state index is 11.6. The van der Waals surface area contributed by atoms with Gasteiger partial charge < -0.3 is 4.74 Å². The summed E-state index contributed by atoms with van der Waals surface area (Å²) >= 11 is 1.34. The number of hydrazine groups is 1. The van der Waals surface area contributed by atoms with Crippen LogP contribution in [0.1, 0.15) is 29.1 Å². The Kier molecular flexibility index (Phi) is 4.78. The van der Waals surface area contributed by atoms with Crippen molar-refractivity contribution in [1.29, 1.82) is 0 Å². The summed E-state index contributed by atoms with van der Waals surface area (Å²) in [6.45, 7) is 3.92. The molecule has 2 N–H and O–H groups in total. The van der Waals surface area contributed by atoms with Crippen molar-refractivity contribution in [2.45, 2.75) is 20.3 Å². The number of aryl methyl sites for hydroxylation is 1. The van der Waals surface area contributed by atoms with Crippen LogP contribution < -0.4 is 10.9 Å². The third kappa shape index (κ3) is 3.23. The van der Waals surface area contributed by atoms with Crippen LogP contribution in [0, 0.1) is 0 Å². The molecule has 0 aliphatic carbocycles. The van der Waals surface area contributed by atoms with E-state index in [4.69, 9.17) is 0 Å².